The number of benzene rings is 7. The Kier molecular flexibility index (Phi) is 12.0. The third kappa shape index (κ3) is 8.97. The number of fused-ring (bicyclic) bond motifs is 3. The van der Waals surface area contributed by atoms with Crippen LogP contribution < -0.4 is 9.80 Å². The molecule has 0 fully saturated rings. The molecule has 0 aromatic heterocycles. The average molecular weight is 1010 g/mol. The van der Waals surface area contributed by atoms with Crippen molar-refractivity contribution in [2.45, 2.75) is 37.8 Å². The molecule has 0 aliphatic rings. The Bertz CT molecular complexity index is 3120. The molecule has 0 amide bonds. The fraction of sp³-hybridized carbons (Fsp3) is 0.136. The largest absolute Gasteiger partial charge is 0.422 e. The molecule has 0 N–H and O–H groups in total. The maximum absolute atomic E-state index is 15.7. The van der Waals surface area contributed by atoms with Gasteiger partial charge in [-0.2, -0.15) is 65.9 Å². The first-order valence-electron chi connectivity index (χ1n) is 18.5. The Hall–Kier alpha value is -6.95. The standard InChI is InChI=1S/C44H17F23N2/c1-16-8-19(40(53,54)55)13-24(9-16)68(38-34(49)30(45)28(43(62,63)64)31(46)35(38)50)22-4-6-26-17(10-22)2-3-18-11-23(5-7-27(18)26)69(25-14-20(41(56,57)58)12-21(15-25)42(59,60)61)39-36(51)32(47)29(44(65,66)67)33(48)37(39)52/h2-15H,1H3. The first-order chi connectivity index (χ1) is 31.6. The third-order valence-corrected chi connectivity index (χ3v) is 10.3. The van der Waals surface area contributed by atoms with Crippen LogP contribution in [0.5, 0.6) is 0 Å². The van der Waals surface area contributed by atoms with Gasteiger partial charge in [-0.1, -0.05) is 24.3 Å². The van der Waals surface area contributed by atoms with Gasteiger partial charge in [-0.25, -0.2) is 35.1 Å². The van der Waals surface area contributed by atoms with Crippen LogP contribution in [-0.2, 0) is 30.9 Å². The smallest absolute Gasteiger partial charge is 0.305 e. The molecule has 0 heterocycles. The summed E-state index contributed by atoms with van der Waals surface area (Å²) < 4.78 is 330. The molecular weight excluding hydrogens is 993 g/mol. The van der Waals surface area contributed by atoms with Crippen molar-refractivity contribution in [2.75, 3.05) is 9.80 Å². The van der Waals surface area contributed by atoms with Gasteiger partial charge in [0, 0.05) is 22.7 Å². The van der Waals surface area contributed by atoms with E-state index in [2.05, 4.69) is 0 Å². The Morgan fingerprint density at radius 1 is 0.304 bits per heavy atom. The highest BCUT2D eigenvalue weighted by atomic mass is 19.4. The summed E-state index contributed by atoms with van der Waals surface area (Å²) >= 11 is 0. The number of halogens is 23. The van der Waals surface area contributed by atoms with Gasteiger partial charge in [0.1, 0.15) is 22.5 Å². The lowest BCUT2D eigenvalue weighted by Gasteiger charge is -2.29. The van der Waals surface area contributed by atoms with Crippen molar-refractivity contribution in [3.05, 3.63) is 165 Å². The molecule has 69 heavy (non-hydrogen) atoms. The zero-order valence-electron chi connectivity index (χ0n) is 33.2. The Morgan fingerprint density at radius 2 is 0.609 bits per heavy atom. The number of hydrogen-bond donors (Lipinski definition) is 0. The van der Waals surface area contributed by atoms with Crippen LogP contribution in [0.1, 0.15) is 33.4 Å². The van der Waals surface area contributed by atoms with E-state index in [1.54, 1.807) is 0 Å². The zero-order valence-corrected chi connectivity index (χ0v) is 33.2. The summed E-state index contributed by atoms with van der Waals surface area (Å²) in [6.07, 6.45) is -28.8. The summed E-state index contributed by atoms with van der Waals surface area (Å²) in [5.41, 5.74) is -20.8. The summed E-state index contributed by atoms with van der Waals surface area (Å²) in [6.45, 7) is 1.04. The number of nitrogens with zero attached hydrogens (tertiary/aromatic N) is 2. The summed E-state index contributed by atoms with van der Waals surface area (Å²) in [6, 6.07) is 7.48. The summed E-state index contributed by atoms with van der Waals surface area (Å²) in [5.74, 6) is -23.7. The predicted molar refractivity (Wildman–Crippen MR) is 200 cm³/mol. The molecule has 2 nitrogen and oxygen atoms in total. The molecular formula is C44H17F23N2. The molecule has 0 spiro atoms. The van der Waals surface area contributed by atoms with Crippen molar-refractivity contribution in [1.82, 2.24) is 0 Å². The van der Waals surface area contributed by atoms with Crippen molar-refractivity contribution in [3.8, 4) is 0 Å². The van der Waals surface area contributed by atoms with Gasteiger partial charge in [-0.05, 0) is 94.7 Å². The lowest BCUT2D eigenvalue weighted by atomic mass is 9.99. The topological polar surface area (TPSA) is 6.48 Å². The Morgan fingerprint density at radius 3 is 0.913 bits per heavy atom. The van der Waals surface area contributed by atoms with E-state index < -0.39 is 145 Å². The van der Waals surface area contributed by atoms with Crippen molar-refractivity contribution < 1.29 is 101 Å². The molecule has 7 aromatic carbocycles. The molecule has 0 radical (unpaired) electrons. The number of aryl methyl sites for hydroxylation is 1. The highest BCUT2D eigenvalue weighted by molar-refractivity contribution is 6.09. The van der Waals surface area contributed by atoms with Gasteiger partial charge in [0.25, 0.3) is 0 Å². The van der Waals surface area contributed by atoms with Gasteiger partial charge < -0.3 is 9.80 Å². The van der Waals surface area contributed by atoms with Gasteiger partial charge in [-0.15, -0.1) is 0 Å². The van der Waals surface area contributed by atoms with Crippen LogP contribution in [0.2, 0.25) is 0 Å². The molecule has 7 rings (SSSR count). The molecule has 0 bridgehead atoms. The summed E-state index contributed by atoms with van der Waals surface area (Å²) in [4.78, 5) is -0.200. The van der Waals surface area contributed by atoms with Crippen LogP contribution in [-0.4, -0.2) is 0 Å². The van der Waals surface area contributed by atoms with Crippen LogP contribution in [0.3, 0.4) is 0 Å². The van der Waals surface area contributed by atoms with Crippen molar-refractivity contribution in [1.29, 1.82) is 0 Å². The molecule has 0 unspecified atom stereocenters. The Labute approximate surface area is 369 Å². The van der Waals surface area contributed by atoms with Crippen LogP contribution in [0.15, 0.2) is 84.9 Å². The minimum absolute atomic E-state index is 0.0948. The predicted octanol–water partition coefficient (Wildman–Crippen LogP) is 17.4. The van der Waals surface area contributed by atoms with Gasteiger partial charge in [0.05, 0.1) is 16.7 Å². The van der Waals surface area contributed by atoms with E-state index >= 15 is 35.1 Å². The first-order valence-corrected chi connectivity index (χ1v) is 18.5. The number of hydrogen-bond acceptors (Lipinski definition) is 2. The van der Waals surface area contributed by atoms with E-state index in [0.717, 1.165) is 49.4 Å². The van der Waals surface area contributed by atoms with E-state index in [-0.39, 0.29) is 55.1 Å². The number of anilines is 6. The van der Waals surface area contributed by atoms with Gasteiger partial charge in [-0.3, -0.25) is 0 Å². The molecule has 0 saturated carbocycles. The second-order valence-electron chi connectivity index (χ2n) is 14.8. The van der Waals surface area contributed by atoms with Gasteiger partial charge in [0.15, 0.2) is 46.5 Å². The third-order valence-electron chi connectivity index (χ3n) is 10.3. The molecule has 0 saturated heterocycles. The van der Waals surface area contributed by atoms with Crippen molar-refractivity contribution in [2.24, 2.45) is 0 Å². The van der Waals surface area contributed by atoms with E-state index in [1.807, 2.05) is 0 Å². The number of alkyl halides is 15. The quantitative estimate of drug-likeness (QED) is 0.0930. The minimum Gasteiger partial charge on any atom is -0.305 e. The molecule has 0 aliphatic carbocycles. The lowest BCUT2D eigenvalue weighted by Crippen LogP contribution is -2.22. The maximum atomic E-state index is 15.7. The van der Waals surface area contributed by atoms with Crippen molar-refractivity contribution >= 4 is 55.7 Å². The van der Waals surface area contributed by atoms with E-state index in [0.29, 0.717) is 18.2 Å². The minimum atomic E-state index is -6.15. The van der Waals surface area contributed by atoms with Crippen molar-refractivity contribution in [3.63, 3.8) is 0 Å². The van der Waals surface area contributed by atoms with E-state index in [9.17, 15) is 65.9 Å². The SMILES string of the molecule is Cc1cc(N(c2ccc3c(ccc4cc(N(c5cc(C(F)(F)F)cc(C(F)(F)F)c5)c5c(F)c(F)c(C(F)(F)F)c(F)c5F)ccc43)c2)c2c(F)c(F)c(C(F)(F)F)c(F)c2F)cc(C(F)(F)F)c1. The van der Waals surface area contributed by atoms with Gasteiger partial charge >= 0.3 is 30.9 Å². The number of rotatable bonds is 6. The molecule has 0 atom stereocenters. The zero-order chi connectivity index (χ0) is 51.4. The normalized spacial score (nSPS) is 12.9. The van der Waals surface area contributed by atoms with Crippen LogP contribution >= 0.6 is 0 Å². The molecule has 7 aromatic rings. The van der Waals surface area contributed by atoms with Gasteiger partial charge in [0.2, 0.25) is 0 Å². The Balaban J connectivity index is 1.49. The van der Waals surface area contributed by atoms with E-state index in [1.165, 1.54) is 0 Å². The molecule has 25 heteroatoms. The monoisotopic (exact) mass is 1010 g/mol. The van der Waals surface area contributed by atoms with E-state index in [4.69, 9.17) is 0 Å². The summed E-state index contributed by atoms with van der Waals surface area (Å²) in [5, 5.41) is -0.672. The highest BCUT2D eigenvalue weighted by Gasteiger charge is 2.46. The highest BCUT2D eigenvalue weighted by Crippen LogP contribution is 2.50. The average Bonchev–Trinajstić information content (AvgIpc) is 3.22. The second-order valence-corrected chi connectivity index (χ2v) is 14.8. The lowest BCUT2D eigenvalue weighted by molar-refractivity contribution is -0.144. The fourth-order valence-electron chi connectivity index (χ4n) is 7.39. The maximum Gasteiger partial charge on any atom is 0.422 e. The van der Waals surface area contributed by atoms with Crippen LogP contribution in [0.25, 0.3) is 21.5 Å². The summed E-state index contributed by atoms with van der Waals surface area (Å²) in [7, 11) is 0. The second kappa shape index (κ2) is 16.6. The first kappa shape index (κ1) is 49.9. The van der Waals surface area contributed by atoms with Crippen LogP contribution in [0, 0.1) is 53.5 Å². The fourth-order valence-corrected chi connectivity index (χ4v) is 7.39. The molecule has 0 aliphatic heterocycles. The van der Waals surface area contributed by atoms with Crippen LogP contribution in [0.4, 0.5) is 135 Å². The molecule has 364 valence electrons.